The van der Waals surface area contributed by atoms with Crippen LogP contribution in [-0.2, 0) is 0 Å². The molecular formula is C5H2BrCl2MgN. The largest absolute Gasteiger partial charge is 2.00 e. The van der Waals surface area contributed by atoms with Gasteiger partial charge in [-0.05, 0) is 0 Å². The molecule has 0 aromatic carbocycles. The molecule has 1 aromatic rings. The van der Waals surface area contributed by atoms with E-state index in [1.807, 2.05) is 0 Å². The zero-order valence-electron chi connectivity index (χ0n) is 4.94. The molecular weight excluding hydrogens is 249 g/mol. The maximum atomic E-state index is 5.52. The first kappa shape index (κ1) is 13.6. The van der Waals surface area contributed by atoms with Gasteiger partial charge in [-0.3, -0.25) is 0 Å². The van der Waals surface area contributed by atoms with Crippen molar-refractivity contribution < 1.29 is 12.4 Å². The Morgan fingerprint density at radius 3 is 2.50 bits per heavy atom. The summed E-state index contributed by atoms with van der Waals surface area (Å²) in [6.07, 6.45) is 2.59. The van der Waals surface area contributed by atoms with Crippen LogP contribution in [0.15, 0.2) is 16.6 Å². The molecule has 50 valence electrons. The quantitative estimate of drug-likeness (QED) is 0.325. The van der Waals surface area contributed by atoms with Gasteiger partial charge in [0.1, 0.15) is 0 Å². The SMILES string of the molecule is Clc1n[c-]ccc1Br.[Cl-].[Mg+2]. The molecule has 10 heavy (non-hydrogen) atoms. The Bertz CT molecular complexity index is 176. The zero-order valence-corrected chi connectivity index (χ0v) is 9.45. The maximum Gasteiger partial charge on any atom is 2.00 e. The third-order valence-electron chi connectivity index (χ3n) is 0.664. The van der Waals surface area contributed by atoms with Crippen LogP contribution in [0.5, 0.6) is 0 Å². The fraction of sp³-hybridized carbons (Fsp3) is 0. The van der Waals surface area contributed by atoms with Crippen molar-refractivity contribution in [3.63, 3.8) is 0 Å². The van der Waals surface area contributed by atoms with Crippen LogP contribution < -0.4 is 12.4 Å². The molecule has 0 saturated heterocycles. The molecule has 0 saturated carbocycles. The second kappa shape index (κ2) is 6.67. The van der Waals surface area contributed by atoms with Crippen LogP contribution in [0.2, 0.25) is 5.15 Å². The number of aromatic nitrogens is 1. The van der Waals surface area contributed by atoms with Gasteiger partial charge < -0.3 is 17.4 Å². The average Bonchev–Trinajstić information content (AvgIpc) is 1.77. The smallest absolute Gasteiger partial charge is 1.00 e. The molecule has 0 fully saturated rings. The minimum absolute atomic E-state index is 0. The molecule has 0 aliphatic rings. The van der Waals surface area contributed by atoms with Gasteiger partial charge in [-0.1, -0.05) is 26.6 Å². The summed E-state index contributed by atoms with van der Waals surface area (Å²) in [6, 6.07) is 3.48. The fourth-order valence-corrected chi connectivity index (χ4v) is 0.659. The minimum atomic E-state index is 0. The van der Waals surface area contributed by atoms with Gasteiger partial charge in [0.25, 0.3) is 0 Å². The number of halogens is 3. The predicted octanol–water partition coefficient (Wildman–Crippen LogP) is -1.08. The van der Waals surface area contributed by atoms with Crippen molar-refractivity contribution in [3.05, 3.63) is 28.0 Å². The number of rotatable bonds is 0. The number of pyridine rings is 1. The van der Waals surface area contributed by atoms with Crippen LogP contribution in [-0.4, -0.2) is 28.0 Å². The van der Waals surface area contributed by atoms with E-state index in [1.165, 1.54) is 0 Å². The molecule has 0 unspecified atom stereocenters. The second-order valence-corrected chi connectivity index (χ2v) is 2.43. The Labute approximate surface area is 95.2 Å². The summed E-state index contributed by atoms with van der Waals surface area (Å²) in [4.78, 5) is 3.67. The molecule has 0 bridgehead atoms. The first-order chi connectivity index (χ1) is 3.80. The Kier molecular flexibility index (Phi) is 9.05. The molecule has 0 amide bonds. The zero-order chi connectivity index (χ0) is 5.98. The Balaban J connectivity index is 0. The molecule has 5 heteroatoms. The molecule has 0 atom stereocenters. The van der Waals surface area contributed by atoms with Crippen molar-refractivity contribution in [1.29, 1.82) is 0 Å². The number of hydrogen-bond acceptors (Lipinski definition) is 1. The standard InChI is InChI=1S/C5H2BrClN.ClH.Mg/c6-4-2-1-3-8-5(4)7;;/h1-2H;1H;/q-1;;+2/p-1. The van der Waals surface area contributed by atoms with Crippen molar-refractivity contribution >= 4 is 50.6 Å². The minimum Gasteiger partial charge on any atom is -1.00 e. The van der Waals surface area contributed by atoms with Gasteiger partial charge >= 0.3 is 23.1 Å². The van der Waals surface area contributed by atoms with Crippen LogP contribution in [0.3, 0.4) is 0 Å². The first-order valence-electron chi connectivity index (χ1n) is 1.99. The van der Waals surface area contributed by atoms with Gasteiger partial charge in [0.2, 0.25) is 0 Å². The van der Waals surface area contributed by atoms with E-state index >= 15 is 0 Å². The van der Waals surface area contributed by atoms with Gasteiger partial charge in [0.05, 0.1) is 0 Å². The predicted molar refractivity (Wildman–Crippen MR) is 41.5 cm³/mol. The summed E-state index contributed by atoms with van der Waals surface area (Å²) in [5.41, 5.74) is 0. The van der Waals surface area contributed by atoms with Gasteiger partial charge in [-0.15, -0.1) is 11.6 Å². The van der Waals surface area contributed by atoms with Crippen LogP contribution in [0.1, 0.15) is 0 Å². The molecule has 0 radical (unpaired) electrons. The molecule has 0 aliphatic heterocycles. The van der Waals surface area contributed by atoms with E-state index in [0.717, 1.165) is 4.47 Å². The van der Waals surface area contributed by atoms with Crippen LogP contribution in [0.25, 0.3) is 0 Å². The number of nitrogens with zero attached hydrogens (tertiary/aromatic N) is 1. The van der Waals surface area contributed by atoms with E-state index in [2.05, 4.69) is 27.1 Å². The molecule has 1 aromatic heterocycles. The monoisotopic (exact) mass is 249 g/mol. The molecule has 1 rings (SSSR count). The van der Waals surface area contributed by atoms with Gasteiger partial charge in [0, 0.05) is 5.15 Å². The second-order valence-electron chi connectivity index (χ2n) is 1.21. The Hall–Kier alpha value is 0.976. The van der Waals surface area contributed by atoms with Gasteiger partial charge in [-0.25, -0.2) is 0 Å². The molecule has 1 heterocycles. The van der Waals surface area contributed by atoms with E-state index < -0.39 is 0 Å². The van der Waals surface area contributed by atoms with E-state index in [0.29, 0.717) is 5.15 Å². The van der Waals surface area contributed by atoms with Gasteiger partial charge in [0.15, 0.2) is 0 Å². The Morgan fingerprint density at radius 1 is 1.60 bits per heavy atom. The van der Waals surface area contributed by atoms with Crippen molar-refractivity contribution in [2.24, 2.45) is 0 Å². The first-order valence-corrected chi connectivity index (χ1v) is 3.16. The third-order valence-corrected chi connectivity index (χ3v) is 1.82. The Morgan fingerprint density at radius 2 is 2.20 bits per heavy atom. The topological polar surface area (TPSA) is 12.9 Å². The summed E-state index contributed by atoms with van der Waals surface area (Å²) in [6.45, 7) is 0. The fourth-order valence-electron chi connectivity index (χ4n) is 0.327. The molecule has 1 nitrogen and oxygen atoms in total. The van der Waals surface area contributed by atoms with E-state index in [1.54, 1.807) is 12.1 Å². The summed E-state index contributed by atoms with van der Waals surface area (Å²) in [7, 11) is 0. The van der Waals surface area contributed by atoms with Crippen LogP contribution >= 0.6 is 27.5 Å². The van der Waals surface area contributed by atoms with E-state index in [4.69, 9.17) is 11.6 Å². The molecule has 0 spiro atoms. The van der Waals surface area contributed by atoms with Gasteiger partial charge in [-0.2, -0.15) is 12.1 Å². The summed E-state index contributed by atoms with van der Waals surface area (Å²) < 4.78 is 0.804. The van der Waals surface area contributed by atoms with Crippen molar-refractivity contribution in [1.82, 2.24) is 4.98 Å². The third kappa shape index (κ3) is 3.98. The summed E-state index contributed by atoms with van der Waals surface area (Å²) in [5, 5.41) is 0.451. The van der Waals surface area contributed by atoms with Crippen molar-refractivity contribution in [3.8, 4) is 0 Å². The maximum absolute atomic E-state index is 5.52. The van der Waals surface area contributed by atoms with Crippen LogP contribution in [0, 0.1) is 6.20 Å². The molecule has 0 N–H and O–H groups in total. The average molecular weight is 251 g/mol. The number of hydrogen-bond donors (Lipinski definition) is 0. The molecule has 0 aliphatic carbocycles. The van der Waals surface area contributed by atoms with Crippen molar-refractivity contribution in [2.45, 2.75) is 0 Å². The summed E-state index contributed by atoms with van der Waals surface area (Å²) in [5.74, 6) is 0. The normalized spacial score (nSPS) is 7.40. The van der Waals surface area contributed by atoms with E-state index in [-0.39, 0.29) is 35.5 Å². The van der Waals surface area contributed by atoms with E-state index in [9.17, 15) is 0 Å². The summed E-state index contributed by atoms with van der Waals surface area (Å²) >= 11 is 8.70. The van der Waals surface area contributed by atoms with Crippen LogP contribution in [0.4, 0.5) is 0 Å². The van der Waals surface area contributed by atoms with Crippen molar-refractivity contribution in [2.75, 3.05) is 0 Å².